The van der Waals surface area contributed by atoms with E-state index in [1.165, 1.54) is 15.5 Å². The standard InChI is InChI=1S/C9H12S3/c1-5-4-10-8-6(2)12-7(3)9(8)11-5/h5H,4H2,1-3H3. The van der Waals surface area contributed by atoms with Crippen molar-refractivity contribution in [2.24, 2.45) is 0 Å². The first-order valence-corrected chi connectivity index (χ1v) is 6.76. The largest absolute Gasteiger partial charge is 0.144 e. The van der Waals surface area contributed by atoms with Gasteiger partial charge in [0.2, 0.25) is 0 Å². The number of hydrogen-bond acceptors (Lipinski definition) is 3. The second kappa shape index (κ2) is 3.28. The molecule has 0 saturated carbocycles. The van der Waals surface area contributed by atoms with Gasteiger partial charge in [-0.05, 0) is 13.8 Å². The average molecular weight is 216 g/mol. The molecule has 0 nitrogen and oxygen atoms in total. The van der Waals surface area contributed by atoms with Gasteiger partial charge in [0.05, 0.1) is 0 Å². The van der Waals surface area contributed by atoms with Crippen LogP contribution in [0.25, 0.3) is 0 Å². The van der Waals surface area contributed by atoms with Crippen LogP contribution in [0.3, 0.4) is 0 Å². The molecule has 0 aromatic carbocycles. The Morgan fingerprint density at radius 1 is 1.17 bits per heavy atom. The van der Waals surface area contributed by atoms with Gasteiger partial charge in [-0.25, -0.2) is 0 Å². The van der Waals surface area contributed by atoms with E-state index in [0.717, 1.165) is 5.25 Å². The minimum Gasteiger partial charge on any atom is -0.144 e. The topological polar surface area (TPSA) is 0 Å². The lowest BCUT2D eigenvalue weighted by atomic mass is 10.4. The van der Waals surface area contributed by atoms with E-state index in [4.69, 9.17) is 0 Å². The first-order valence-electron chi connectivity index (χ1n) is 4.08. The number of hydrogen-bond donors (Lipinski definition) is 0. The lowest BCUT2D eigenvalue weighted by Crippen LogP contribution is -2.04. The molecular formula is C9H12S3. The molecule has 3 heteroatoms. The van der Waals surface area contributed by atoms with Gasteiger partial charge in [-0.2, -0.15) is 0 Å². The van der Waals surface area contributed by atoms with Gasteiger partial charge in [0.25, 0.3) is 0 Å². The van der Waals surface area contributed by atoms with Gasteiger partial charge in [-0.1, -0.05) is 6.92 Å². The van der Waals surface area contributed by atoms with Gasteiger partial charge < -0.3 is 0 Å². The van der Waals surface area contributed by atoms with Gasteiger partial charge >= 0.3 is 0 Å². The lowest BCUT2D eigenvalue weighted by molar-refractivity contribution is 1.08. The van der Waals surface area contributed by atoms with Crippen LogP contribution < -0.4 is 0 Å². The Hall–Kier alpha value is 0.400. The second-order valence-electron chi connectivity index (χ2n) is 3.11. The Kier molecular flexibility index (Phi) is 2.45. The molecule has 0 bridgehead atoms. The highest BCUT2D eigenvalue weighted by Gasteiger charge is 2.21. The monoisotopic (exact) mass is 216 g/mol. The summed E-state index contributed by atoms with van der Waals surface area (Å²) in [6.45, 7) is 6.79. The van der Waals surface area contributed by atoms with Crippen LogP contribution in [0.5, 0.6) is 0 Å². The molecule has 1 aromatic rings. The summed E-state index contributed by atoms with van der Waals surface area (Å²) in [4.78, 5) is 6.13. The number of thioether (sulfide) groups is 2. The molecule has 2 rings (SSSR count). The molecule has 0 spiro atoms. The predicted octanol–water partition coefficient (Wildman–Crippen LogP) is 3.95. The quantitative estimate of drug-likeness (QED) is 0.644. The van der Waals surface area contributed by atoms with Crippen LogP contribution in [0.1, 0.15) is 16.7 Å². The summed E-state index contributed by atoms with van der Waals surface area (Å²) < 4.78 is 0. The molecular weight excluding hydrogens is 204 g/mol. The van der Waals surface area contributed by atoms with Crippen LogP contribution in [0.2, 0.25) is 0 Å². The minimum absolute atomic E-state index is 0.787. The molecule has 0 aliphatic carbocycles. The average Bonchev–Trinajstić information content (AvgIpc) is 2.28. The van der Waals surface area contributed by atoms with Crippen molar-refractivity contribution in [2.45, 2.75) is 35.8 Å². The molecule has 1 aliphatic rings. The Bertz CT molecular complexity index is 301. The molecule has 0 fully saturated rings. The van der Waals surface area contributed by atoms with Crippen LogP contribution in [0, 0.1) is 13.8 Å². The fourth-order valence-electron chi connectivity index (χ4n) is 1.38. The lowest BCUT2D eigenvalue weighted by Gasteiger charge is -2.18. The summed E-state index contributed by atoms with van der Waals surface area (Å²) in [5.74, 6) is 1.27. The first-order chi connectivity index (χ1) is 5.68. The van der Waals surface area contributed by atoms with E-state index in [1.54, 1.807) is 9.79 Å². The summed E-state index contributed by atoms with van der Waals surface area (Å²) in [5.41, 5.74) is 0. The third-order valence-electron chi connectivity index (χ3n) is 1.93. The maximum atomic E-state index is 2.31. The fourth-order valence-corrected chi connectivity index (χ4v) is 5.45. The van der Waals surface area contributed by atoms with Crippen molar-refractivity contribution in [3.05, 3.63) is 9.75 Å². The number of aryl methyl sites for hydroxylation is 2. The third kappa shape index (κ3) is 1.42. The SMILES string of the molecule is Cc1sc(C)c2c1SCC(C)S2. The predicted molar refractivity (Wildman–Crippen MR) is 59.8 cm³/mol. The zero-order valence-corrected chi connectivity index (χ0v) is 9.96. The van der Waals surface area contributed by atoms with Crippen molar-refractivity contribution in [3.63, 3.8) is 0 Å². The van der Waals surface area contributed by atoms with Crippen LogP contribution in [0.15, 0.2) is 9.79 Å². The molecule has 0 amide bonds. The molecule has 2 heterocycles. The molecule has 0 N–H and O–H groups in total. The summed E-state index contributed by atoms with van der Waals surface area (Å²) in [6, 6.07) is 0. The fraction of sp³-hybridized carbons (Fsp3) is 0.556. The van der Waals surface area contributed by atoms with Crippen molar-refractivity contribution >= 4 is 34.9 Å². The summed E-state index contributed by atoms with van der Waals surface area (Å²) in [6.07, 6.45) is 0. The van der Waals surface area contributed by atoms with Crippen molar-refractivity contribution < 1.29 is 0 Å². The summed E-state index contributed by atoms with van der Waals surface area (Å²) >= 11 is 6.03. The first kappa shape index (κ1) is 8.97. The highest BCUT2D eigenvalue weighted by molar-refractivity contribution is 8.06. The normalized spacial score (nSPS) is 22.4. The van der Waals surface area contributed by atoms with Gasteiger partial charge in [-0.15, -0.1) is 34.9 Å². The molecule has 1 unspecified atom stereocenters. The van der Waals surface area contributed by atoms with Gasteiger partial charge in [0.1, 0.15) is 0 Å². The third-order valence-corrected chi connectivity index (χ3v) is 6.33. The summed E-state index contributed by atoms with van der Waals surface area (Å²) in [5, 5.41) is 0.787. The van der Waals surface area contributed by atoms with Crippen LogP contribution >= 0.6 is 34.9 Å². The molecule has 1 atom stereocenters. The van der Waals surface area contributed by atoms with E-state index in [0.29, 0.717) is 0 Å². The Labute approximate surface area is 86.1 Å². The zero-order chi connectivity index (χ0) is 8.72. The molecule has 1 aliphatic heterocycles. The van der Waals surface area contributed by atoms with Gasteiger partial charge in [-0.3, -0.25) is 0 Å². The Morgan fingerprint density at radius 3 is 2.58 bits per heavy atom. The van der Waals surface area contributed by atoms with E-state index in [1.807, 2.05) is 34.9 Å². The summed E-state index contributed by atoms with van der Waals surface area (Å²) in [7, 11) is 0. The van der Waals surface area contributed by atoms with Crippen LogP contribution in [0.4, 0.5) is 0 Å². The van der Waals surface area contributed by atoms with Crippen molar-refractivity contribution in [1.82, 2.24) is 0 Å². The second-order valence-corrected chi connectivity index (χ2v) is 7.02. The maximum absolute atomic E-state index is 2.31. The van der Waals surface area contributed by atoms with Crippen molar-refractivity contribution in [2.75, 3.05) is 5.75 Å². The zero-order valence-electron chi connectivity index (χ0n) is 7.51. The van der Waals surface area contributed by atoms with Gasteiger partial charge in [0, 0.05) is 30.5 Å². The Morgan fingerprint density at radius 2 is 1.83 bits per heavy atom. The van der Waals surface area contributed by atoms with E-state index in [2.05, 4.69) is 20.8 Å². The van der Waals surface area contributed by atoms with Crippen molar-refractivity contribution in [3.8, 4) is 0 Å². The van der Waals surface area contributed by atoms with Crippen molar-refractivity contribution in [1.29, 1.82) is 0 Å². The molecule has 1 aromatic heterocycles. The maximum Gasteiger partial charge on any atom is 0.0350 e. The van der Waals surface area contributed by atoms with Crippen LogP contribution in [-0.2, 0) is 0 Å². The Balaban J connectivity index is 2.45. The van der Waals surface area contributed by atoms with E-state index in [9.17, 15) is 0 Å². The number of rotatable bonds is 0. The molecule has 66 valence electrons. The smallest absolute Gasteiger partial charge is 0.0350 e. The highest BCUT2D eigenvalue weighted by Crippen LogP contribution is 2.47. The van der Waals surface area contributed by atoms with Crippen LogP contribution in [-0.4, -0.2) is 11.0 Å². The highest BCUT2D eigenvalue weighted by atomic mass is 32.2. The van der Waals surface area contributed by atoms with E-state index >= 15 is 0 Å². The van der Waals surface area contributed by atoms with E-state index in [-0.39, 0.29) is 0 Å². The number of fused-ring (bicyclic) bond motifs is 1. The molecule has 0 radical (unpaired) electrons. The minimum atomic E-state index is 0.787. The molecule has 12 heavy (non-hydrogen) atoms. The molecule has 0 saturated heterocycles. The van der Waals surface area contributed by atoms with Gasteiger partial charge in [0.15, 0.2) is 0 Å². The number of thiophene rings is 1. The van der Waals surface area contributed by atoms with E-state index < -0.39 is 0 Å².